The molecule has 1 saturated heterocycles. The number of hydrogen-bond acceptors (Lipinski definition) is 2. The van der Waals surface area contributed by atoms with Crippen LogP contribution in [-0.4, -0.2) is 30.4 Å². The van der Waals surface area contributed by atoms with E-state index in [0.29, 0.717) is 6.04 Å². The third-order valence-corrected chi connectivity index (χ3v) is 2.26. The van der Waals surface area contributed by atoms with E-state index >= 15 is 0 Å². The fourth-order valence-electron chi connectivity index (χ4n) is 1.57. The number of piperidine rings is 1. The third kappa shape index (κ3) is 2.08. The van der Waals surface area contributed by atoms with Crippen molar-refractivity contribution in [2.45, 2.75) is 25.8 Å². The number of amides is 1. The molecule has 0 aromatic heterocycles. The average Bonchev–Trinajstić information content (AvgIpc) is 2.07. The Morgan fingerprint density at radius 2 is 2.17 bits per heavy atom. The first kappa shape index (κ1) is 9.26. The van der Waals surface area contributed by atoms with Crippen LogP contribution in [0.5, 0.6) is 0 Å². The van der Waals surface area contributed by atoms with Gasteiger partial charge < -0.3 is 10.2 Å². The average molecular weight is 168 g/mol. The van der Waals surface area contributed by atoms with E-state index in [4.69, 9.17) is 0 Å². The van der Waals surface area contributed by atoms with Gasteiger partial charge in [-0.1, -0.05) is 6.58 Å². The highest BCUT2D eigenvalue weighted by Crippen LogP contribution is 2.13. The van der Waals surface area contributed by atoms with Gasteiger partial charge in [-0.3, -0.25) is 4.79 Å². The van der Waals surface area contributed by atoms with Crippen molar-refractivity contribution in [2.24, 2.45) is 0 Å². The molecule has 0 aliphatic carbocycles. The number of nitrogens with zero attached hydrogens (tertiary/aromatic N) is 1. The molecule has 3 nitrogen and oxygen atoms in total. The molecule has 1 aliphatic heterocycles. The van der Waals surface area contributed by atoms with Gasteiger partial charge in [-0.2, -0.15) is 0 Å². The molecule has 0 radical (unpaired) electrons. The maximum atomic E-state index is 10.7. The minimum Gasteiger partial charge on any atom is -0.317 e. The smallest absolute Gasteiger partial charge is 0.214 e. The molecule has 1 N–H and O–H groups in total. The summed E-state index contributed by atoms with van der Waals surface area (Å²) in [5.41, 5.74) is 0.844. The molecule has 0 unspecified atom stereocenters. The molecule has 0 bridgehead atoms. The summed E-state index contributed by atoms with van der Waals surface area (Å²) < 4.78 is 0. The van der Waals surface area contributed by atoms with Crippen molar-refractivity contribution in [1.29, 1.82) is 0 Å². The molecule has 1 fully saturated rings. The van der Waals surface area contributed by atoms with Gasteiger partial charge in [-0.25, -0.2) is 0 Å². The maximum absolute atomic E-state index is 10.7. The monoisotopic (exact) mass is 168 g/mol. The Morgan fingerprint density at radius 3 is 2.58 bits per heavy atom. The Bertz CT molecular complexity index is 173. The fourth-order valence-corrected chi connectivity index (χ4v) is 1.57. The van der Waals surface area contributed by atoms with Crippen LogP contribution in [0.3, 0.4) is 0 Å². The Kier molecular flexibility index (Phi) is 3.29. The topological polar surface area (TPSA) is 32.3 Å². The first-order chi connectivity index (χ1) is 5.75. The van der Waals surface area contributed by atoms with Gasteiger partial charge in [-0.15, -0.1) is 0 Å². The van der Waals surface area contributed by atoms with Crippen molar-refractivity contribution in [3.05, 3.63) is 12.3 Å². The summed E-state index contributed by atoms with van der Waals surface area (Å²) in [6.45, 7) is 7.65. The van der Waals surface area contributed by atoms with Crippen LogP contribution in [0.4, 0.5) is 0 Å². The van der Waals surface area contributed by atoms with Crippen LogP contribution in [0.1, 0.15) is 19.8 Å². The predicted molar refractivity (Wildman–Crippen MR) is 48.6 cm³/mol. The minimum absolute atomic E-state index is 0.362. The quantitative estimate of drug-likeness (QED) is 0.630. The van der Waals surface area contributed by atoms with Crippen molar-refractivity contribution in [3.8, 4) is 0 Å². The second-order valence-electron chi connectivity index (χ2n) is 3.23. The van der Waals surface area contributed by atoms with Crippen molar-refractivity contribution in [2.75, 3.05) is 13.1 Å². The van der Waals surface area contributed by atoms with Gasteiger partial charge in [0.15, 0.2) is 0 Å². The van der Waals surface area contributed by atoms with E-state index in [1.54, 1.807) is 4.90 Å². The van der Waals surface area contributed by atoms with Gasteiger partial charge in [0.2, 0.25) is 6.41 Å². The van der Waals surface area contributed by atoms with Gasteiger partial charge >= 0.3 is 0 Å². The second-order valence-corrected chi connectivity index (χ2v) is 3.23. The molecule has 0 spiro atoms. The number of hydrogen-bond donors (Lipinski definition) is 1. The van der Waals surface area contributed by atoms with Gasteiger partial charge in [0.1, 0.15) is 0 Å². The molecule has 1 aliphatic rings. The minimum atomic E-state index is 0.362. The van der Waals surface area contributed by atoms with Crippen LogP contribution in [0.25, 0.3) is 0 Å². The van der Waals surface area contributed by atoms with E-state index in [9.17, 15) is 4.79 Å². The van der Waals surface area contributed by atoms with E-state index < -0.39 is 0 Å². The lowest BCUT2D eigenvalue weighted by Gasteiger charge is -2.31. The Balaban J connectivity index is 2.51. The molecular weight excluding hydrogens is 152 g/mol. The van der Waals surface area contributed by atoms with E-state index in [1.807, 2.05) is 6.92 Å². The van der Waals surface area contributed by atoms with Crippen LogP contribution in [0.15, 0.2) is 12.3 Å². The van der Waals surface area contributed by atoms with Crippen molar-refractivity contribution >= 4 is 6.41 Å². The van der Waals surface area contributed by atoms with Crippen molar-refractivity contribution in [3.63, 3.8) is 0 Å². The van der Waals surface area contributed by atoms with Crippen LogP contribution in [0, 0.1) is 0 Å². The van der Waals surface area contributed by atoms with E-state index in [1.165, 1.54) is 0 Å². The first-order valence-corrected chi connectivity index (χ1v) is 4.35. The van der Waals surface area contributed by atoms with Crippen molar-refractivity contribution in [1.82, 2.24) is 10.2 Å². The Morgan fingerprint density at radius 1 is 1.58 bits per heavy atom. The molecule has 1 amide bonds. The number of carbonyl (C=O) groups is 1. The molecule has 0 atom stereocenters. The third-order valence-electron chi connectivity index (χ3n) is 2.26. The van der Waals surface area contributed by atoms with E-state index in [-0.39, 0.29) is 0 Å². The Labute approximate surface area is 73.4 Å². The zero-order valence-corrected chi connectivity index (χ0v) is 7.55. The Hall–Kier alpha value is -0.830. The lowest BCUT2D eigenvalue weighted by atomic mass is 10.1. The molecule has 68 valence electrons. The molecular formula is C9H16N2O. The summed E-state index contributed by atoms with van der Waals surface area (Å²) >= 11 is 0. The standard InChI is InChI=1S/C9H16N2O/c1-8(2)11(7-12)9-3-5-10-6-4-9/h7,9-10H,1,3-6H2,2H3. The van der Waals surface area contributed by atoms with Crippen molar-refractivity contribution < 1.29 is 4.79 Å². The summed E-state index contributed by atoms with van der Waals surface area (Å²) in [6, 6.07) is 0.362. The largest absolute Gasteiger partial charge is 0.317 e. The summed E-state index contributed by atoms with van der Waals surface area (Å²) in [6.07, 6.45) is 2.95. The molecule has 12 heavy (non-hydrogen) atoms. The van der Waals surface area contributed by atoms with Gasteiger partial charge in [-0.05, 0) is 32.9 Å². The molecule has 3 heteroatoms. The molecule has 0 aromatic rings. The summed E-state index contributed by atoms with van der Waals surface area (Å²) in [4.78, 5) is 12.4. The lowest BCUT2D eigenvalue weighted by molar-refractivity contribution is -0.118. The number of carbonyl (C=O) groups excluding carboxylic acids is 1. The van der Waals surface area contributed by atoms with E-state index in [0.717, 1.165) is 38.0 Å². The predicted octanol–water partition coefficient (Wildman–Crippen LogP) is 0.730. The highest BCUT2D eigenvalue weighted by atomic mass is 16.1. The SMILES string of the molecule is C=C(C)N(C=O)C1CCNCC1. The molecule has 0 aromatic carbocycles. The van der Waals surface area contributed by atoms with Crippen LogP contribution >= 0.6 is 0 Å². The van der Waals surface area contributed by atoms with Gasteiger partial charge in [0, 0.05) is 11.7 Å². The maximum Gasteiger partial charge on any atom is 0.214 e. The van der Waals surface area contributed by atoms with Crippen LogP contribution in [0.2, 0.25) is 0 Å². The second kappa shape index (κ2) is 4.26. The van der Waals surface area contributed by atoms with Crippen LogP contribution in [-0.2, 0) is 4.79 Å². The lowest BCUT2D eigenvalue weighted by Crippen LogP contribution is -2.41. The highest BCUT2D eigenvalue weighted by molar-refractivity contribution is 5.51. The zero-order valence-electron chi connectivity index (χ0n) is 7.55. The van der Waals surface area contributed by atoms with Gasteiger partial charge in [0.25, 0.3) is 0 Å². The summed E-state index contributed by atoms with van der Waals surface area (Å²) in [5, 5.41) is 3.26. The summed E-state index contributed by atoms with van der Waals surface area (Å²) in [5.74, 6) is 0. The number of rotatable bonds is 3. The van der Waals surface area contributed by atoms with Gasteiger partial charge in [0.05, 0.1) is 0 Å². The summed E-state index contributed by atoms with van der Waals surface area (Å²) in [7, 11) is 0. The number of allylic oxidation sites excluding steroid dienone is 1. The van der Waals surface area contributed by atoms with Crippen LogP contribution < -0.4 is 5.32 Å². The highest BCUT2D eigenvalue weighted by Gasteiger charge is 2.19. The molecule has 1 rings (SSSR count). The van der Waals surface area contributed by atoms with E-state index in [2.05, 4.69) is 11.9 Å². The normalized spacial score (nSPS) is 18.8. The number of nitrogens with one attached hydrogen (secondary N) is 1. The fraction of sp³-hybridized carbons (Fsp3) is 0.667. The molecule has 1 heterocycles. The zero-order chi connectivity index (χ0) is 8.97. The first-order valence-electron chi connectivity index (χ1n) is 4.35. The molecule has 0 saturated carbocycles.